The Kier molecular flexibility index (Phi) is 5.48. The van der Waals surface area contributed by atoms with Gasteiger partial charge >= 0.3 is 0 Å². The molecule has 3 rings (SSSR count). The van der Waals surface area contributed by atoms with E-state index in [0.717, 1.165) is 11.1 Å². The van der Waals surface area contributed by atoms with Crippen molar-refractivity contribution in [1.82, 2.24) is 15.5 Å². The van der Waals surface area contributed by atoms with Crippen LogP contribution < -0.4 is 5.32 Å². The first-order chi connectivity index (χ1) is 12.1. The minimum absolute atomic E-state index is 0.143. The highest BCUT2D eigenvalue weighted by molar-refractivity contribution is 6.30. The van der Waals surface area contributed by atoms with E-state index in [-0.39, 0.29) is 12.5 Å². The van der Waals surface area contributed by atoms with Gasteiger partial charge in [0.25, 0.3) is 0 Å². The first-order valence-electron chi connectivity index (χ1n) is 7.40. The SMILES string of the molecule is O=C(/C=C/c1ccc(Cl)cc1)NCc1nc(-c2ccc(Cl)cc2)no1. The Morgan fingerprint density at radius 1 is 1.04 bits per heavy atom. The van der Waals surface area contributed by atoms with Crippen molar-refractivity contribution in [3.63, 3.8) is 0 Å². The van der Waals surface area contributed by atoms with Gasteiger partial charge in [0, 0.05) is 21.7 Å². The number of nitrogens with zero attached hydrogens (tertiary/aromatic N) is 2. The summed E-state index contributed by atoms with van der Waals surface area (Å²) in [4.78, 5) is 16.1. The second-order valence-electron chi connectivity index (χ2n) is 5.12. The molecule has 1 amide bonds. The summed E-state index contributed by atoms with van der Waals surface area (Å²) in [5.41, 5.74) is 1.66. The molecule has 0 aliphatic heterocycles. The number of carbonyl (C=O) groups excluding carboxylic acids is 1. The maximum absolute atomic E-state index is 11.8. The Hall–Kier alpha value is -2.63. The first kappa shape index (κ1) is 17.2. The Balaban J connectivity index is 1.55. The second kappa shape index (κ2) is 7.96. The lowest BCUT2D eigenvalue weighted by molar-refractivity contribution is -0.116. The molecule has 0 saturated carbocycles. The summed E-state index contributed by atoms with van der Waals surface area (Å²) in [6.45, 7) is 0.143. The molecule has 5 nitrogen and oxygen atoms in total. The monoisotopic (exact) mass is 373 g/mol. The molecular weight excluding hydrogens is 361 g/mol. The van der Waals surface area contributed by atoms with Crippen LogP contribution >= 0.6 is 23.2 Å². The zero-order chi connectivity index (χ0) is 17.6. The summed E-state index contributed by atoms with van der Waals surface area (Å²) in [5, 5.41) is 7.85. The van der Waals surface area contributed by atoms with Crippen LogP contribution in [-0.4, -0.2) is 16.0 Å². The van der Waals surface area contributed by atoms with E-state index in [9.17, 15) is 4.79 Å². The zero-order valence-electron chi connectivity index (χ0n) is 12.9. The van der Waals surface area contributed by atoms with Gasteiger partial charge in [-0.1, -0.05) is 40.5 Å². The number of amides is 1. The van der Waals surface area contributed by atoms with Crippen molar-refractivity contribution in [2.24, 2.45) is 0 Å². The van der Waals surface area contributed by atoms with Crippen molar-refractivity contribution < 1.29 is 9.32 Å². The van der Waals surface area contributed by atoms with Crippen molar-refractivity contribution in [2.75, 3.05) is 0 Å². The average Bonchev–Trinajstić information content (AvgIpc) is 3.09. The Bertz CT molecular complexity index is 887. The van der Waals surface area contributed by atoms with E-state index in [1.807, 2.05) is 12.1 Å². The second-order valence-corrected chi connectivity index (χ2v) is 5.99. The summed E-state index contributed by atoms with van der Waals surface area (Å²) in [7, 11) is 0. The predicted octanol–water partition coefficient (Wildman–Crippen LogP) is 4.37. The van der Waals surface area contributed by atoms with Crippen molar-refractivity contribution >= 4 is 35.2 Å². The van der Waals surface area contributed by atoms with E-state index in [1.165, 1.54) is 6.08 Å². The van der Waals surface area contributed by atoms with Gasteiger partial charge in [0.1, 0.15) is 0 Å². The third-order valence-electron chi connectivity index (χ3n) is 3.28. The normalized spacial score (nSPS) is 11.0. The highest BCUT2D eigenvalue weighted by atomic mass is 35.5. The van der Waals surface area contributed by atoms with E-state index < -0.39 is 0 Å². The number of hydrogen-bond donors (Lipinski definition) is 1. The molecule has 0 fully saturated rings. The lowest BCUT2D eigenvalue weighted by Gasteiger charge is -1.97. The van der Waals surface area contributed by atoms with Crippen molar-refractivity contribution in [3.8, 4) is 11.4 Å². The van der Waals surface area contributed by atoms with Gasteiger partial charge in [0.2, 0.25) is 17.6 Å². The molecule has 3 aromatic rings. The smallest absolute Gasteiger partial charge is 0.246 e. The Morgan fingerprint density at radius 2 is 1.68 bits per heavy atom. The van der Waals surface area contributed by atoms with Gasteiger partial charge in [-0.05, 0) is 48.0 Å². The molecule has 7 heteroatoms. The minimum atomic E-state index is -0.263. The number of rotatable bonds is 5. The number of carbonyl (C=O) groups is 1. The van der Waals surface area contributed by atoms with E-state index in [4.69, 9.17) is 27.7 Å². The fraction of sp³-hybridized carbons (Fsp3) is 0.0556. The van der Waals surface area contributed by atoms with E-state index in [2.05, 4.69) is 15.5 Å². The Morgan fingerprint density at radius 3 is 2.36 bits per heavy atom. The fourth-order valence-electron chi connectivity index (χ4n) is 2.01. The molecule has 0 spiro atoms. The standard InChI is InChI=1S/C18H13Cl2N3O2/c19-14-6-1-12(2-7-14)3-10-16(24)21-11-17-22-18(23-25-17)13-4-8-15(20)9-5-13/h1-10H,11H2,(H,21,24)/b10-3+. The average molecular weight is 374 g/mol. The number of hydrogen-bond acceptors (Lipinski definition) is 4. The van der Waals surface area contributed by atoms with Crippen molar-refractivity contribution in [1.29, 1.82) is 0 Å². The largest absolute Gasteiger partial charge is 0.343 e. The van der Waals surface area contributed by atoms with Crippen LogP contribution in [0.2, 0.25) is 10.0 Å². The summed E-state index contributed by atoms with van der Waals surface area (Å²) >= 11 is 11.7. The predicted molar refractivity (Wildman–Crippen MR) is 97.1 cm³/mol. The van der Waals surface area contributed by atoms with Crippen LogP contribution in [0.3, 0.4) is 0 Å². The van der Waals surface area contributed by atoms with Gasteiger partial charge in [-0.25, -0.2) is 0 Å². The summed E-state index contributed by atoms with van der Waals surface area (Å²) in [5.74, 6) is 0.497. The molecule has 1 N–H and O–H groups in total. The first-order valence-corrected chi connectivity index (χ1v) is 8.16. The van der Waals surface area contributed by atoms with Crippen molar-refractivity contribution in [3.05, 3.63) is 76.1 Å². The maximum atomic E-state index is 11.8. The lowest BCUT2D eigenvalue weighted by Crippen LogP contribution is -2.20. The zero-order valence-corrected chi connectivity index (χ0v) is 14.5. The number of halogens is 2. The quantitative estimate of drug-likeness (QED) is 0.674. The molecule has 0 aliphatic rings. The number of nitrogens with one attached hydrogen (secondary N) is 1. The lowest BCUT2D eigenvalue weighted by atomic mass is 10.2. The minimum Gasteiger partial charge on any atom is -0.343 e. The van der Waals surface area contributed by atoms with Gasteiger partial charge in [0.15, 0.2) is 0 Å². The third-order valence-corrected chi connectivity index (χ3v) is 3.79. The number of benzene rings is 2. The molecule has 0 aliphatic carbocycles. The fourth-order valence-corrected chi connectivity index (χ4v) is 2.26. The molecule has 1 heterocycles. The van der Waals surface area contributed by atoms with Crippen LogP contribution in [0.4, 0.5) is 0 Å². The molecular formula is C18H13Cl2N3O2. The van der Waals surface area contributed by atoms with Crippen LogP contribution in [0.15, 0.2) is 59.1 Å². The van der Waals surface area contributed by atoms with Crippen LogP contribution in [0, 0.1) is 0 Å². The molecule has 0 atom stereocenters. The van der Waals surface area contributed by atoms with Gasteiger partial charge < -0.3 is 9.84 Å². The highest BCUT2D eigenvalue weighted by Gasteiger charge is 2.09. The maximum Gasteiger partial charge on any atom is 0.246 e. The molecule has 25 heavy (non-hydrogen) atoms. The Labute approximate surface area is 154 Å². The molecule has 0 radical (unpaired) electrons. The van der Waals surface area contributed by atoms with E-state index >= 15 is 0 Å². The molecule has 1 aromatic heterocycles. The van der Waals surface area contributed by atoms with Gasteiger partial charge in [-0.15, -0.1) is 0 Å². The molecule has 0 unspecified atom stereocenters. The molecule has 0 saturated heterocycles. The summed E-state index contributed by atoms with van der Waals surface area (Å²) in [6.07, 6.45) is 3.12. The topological polar surface area (TPSA) is 68.0 Å². The molecule has 126 valence electrons. The molecule has 0 bridgehead atoms. The summed E-state index contributed by atoms with van der Waals surface area (Å²) in [6, 6.07) is 14.2. The van der Waals surface area contributed by atoms with E-state index in [0.29, 0.717) is 21.8 Å². The van der Waals surface area contributed by atoms with Gasteiger partial charge in [-0.2, -0.15) is 4.98 Å². The van der Waals surface area contributed by atoms with Gasteiger partial charge in [0.05, 0.1) is 6.54 Å². The van der Waals surface area contributed by atoms with Crippen LogP contribution in [0.5, 0.6) is 0 Å². The van der Waals surface area contributed by atoms with Crippen molar-refractivity contribution in [2.45, 2.75) is 6.54 Å². The summed E-state index contributed by atoms with van der Waals surface area (Å²) < 4.78 is 5.13. The third kappa shape index (κ3) is 4.92. The van der Waals surface area contributed by atoms with E-state index in [1.54, 1.807) is 42.5 Å². The van der Waals surface area contributed by atoms with Crippen LogP contribution in [0.1, 0.15) is 11.5 Å². The highest BCUT2D eigenvalue weighted by Crippen LogP contribution is 2.18. The molecule has 2 aromatic carbocycles. The number of aromatic nitrogens is 2. The van der Waals surface area contributed by atoms with Crippen LogP contribution in [-0.2, 0) is 11.3 Å². The van der Waals surface area contributed by atoms with Crippen LogP contribution in [0.25, 0.3) is 17.5 Å². The van der Waals surface area contributed by atoms with Gasteiger partial charge in [-0.3, -0.25) is 4.79 Å².